The predicted molar refractivity (Wildman–Crippen MR) is 72.4 cm³/mol. The Kier molecular flexibility index (Phi) is 1.63. The van der Waals surface area contributed by atoms with E-state index in [4.69, 9.17) is 0 Å². The van der Waals surface area contributed by atoms with Crippen LogP contribution in [-0.2, 0) is 0 Å². The third-order valence-corrected chi connectivity index (χ3v) is 4.29. The Morgan fingerprint density at radius 3 is 2.94 bits per heavy atom. The average Bonchev–Trinajstić information content (AvgIpc) is 2.88. The molecule has 1 heteroatoms. The molecule has 0 unspecified atom stereocenters. The van der Waals surface area contributed by atoms with E-state index in [0.29, 0.717) is 0 Å². The molecule has 1 aliphatic heterocycles. The van der Waals surface area contributed by atoms with Crippen LogP contribution in [0.1, 0.15) is 11.1 Å². The first-order chi connectivity index (χ1) is 7.93. The van der Waals surface area contributed by atoms with Crippen LogP contribution in [0.2, 0.25) is 0 Å². The summed E-state index contributed by atoms with van der Waals surface area (Å²) in [5.74, 6) is 1.13. The van der Waals surface area contributed by atoms with Crippen molar-refractivity contribution >= 4 is 34.2 Å². The summed E-state index contributed by atoms with van der Waals surface area (Å²) in [6.45, 7) is 0. The fourth-order valence-electron chi connectivity index (χ4n) is 2.59. The van der Waals surface area contributed by atoms with Gasteiger partial charge in [-0.1, -0.05) is 42.5 Å². The number of allylic oxidation sites excluding steroid dienone is 1. The van der Waals surface area contributed by atoms with E-state index in [9.17, 15) is 0 Å². The summed E-state index contributed by atoms with van der Waals surface area (Å²) >= 11 is 1.95. The SMILES string of the molecule is C1=C2SCC=C2c2c1ccc1ccccc21. The van der Waals surface area contributed by atoms with Crippen LogP contribution in [0.15, 0.2) is 47.4 Å². The summed E-state index contributed by atoms with van der Waals surface area (Å²) < 4.78 is 0. The molecule has 1 heterocycles. The quantitative estimate of drug-likeness (QED) is 0.639. The second-order valence-electron chi connectivity index (χ2n) is 4.19. The van der Waals surface area contributed by atoms with E-state index in [2.05, 4.69) is 48.6 Å². The number of hydrogen-bond acceptors (Lipinski definition) is 1. The van der Waals surface area contributed by atoms with Crippen LogP contribution < -0.4 is 0 Å². The molecule has 0 saturated carbocycles. The maximum atomic E-state index is 2.36. The highest BCUT2D eigenvalue weighted by Crippen LogP contribution is 2.47. The number of thioether (sulfide) groups is 1. The first-order valence-corrected chi connectivity index (χ1v) is 6.49. The molecule has 2 aliphatic rings. The van der Waals surface area contributed by atoms with Crippen LogP contribution in [0, 0.1) is 0 Å². The molecule has 0 N–H and O–H groups in total. The molecule has 0 atom stereocenters. The molecule has 0 radical (unpaired) electrons. The smallest absolute Gasteiger partial charge is 0.0170 e. The Labute approximate surface area is 98.7 Å². The maximum absolute atomic E-state index is 2.36. The summed E-state index contributed by atoms with van der Waals surface area (Å²) in [7, 11) is 0. The van der Waals surface area contributed by atoms with E-state index in [1.165, 1.54) is 32.4 Å². The van der Waals surface area contributed by atoms with E-state index in [-0.39, 0.29) is 0 Å². The second-order valence-corrected chi connectivity index (χ2v) is 5.25. The third-order valence-electron chi connectivity index (χ3n) is 3.31. The molecule has 2 aromatic rings. The lowest BCUT2D eigenvalue weighted by Gasteiger charge is -2.06. The topological polar surface area (TPSA) is 0 Å². The van der Waals surface area contributed by atoms with Crippen molar-refractivity contribution in [2.24, 2.45) is 0 Å². The summed E-state index contributed by atoms with van der Waals surface area (Å²) in [6.07, 6.45) is 4.68. The molecule has 0 saturated heterocycles. The minimum absolute atomic E-state index is 1.13. The Bertz CT molecular complexity index is 662. The number of fused-ring (bicyclic) bond motifs is 5. The van der Waals surface area contributed by atoms with Crippen LogP contribution in [0.3, 0.4) is 0 Å². The highest BCUT2D eigenvalue weighted by atomic mass is 32.2. The van der Waals surface area contributed by atoms with Gasteiger partial charge in [-0.2, -0.15) is 0 Å². The number of benzene rings is 2. The van der Waals surface area contributed by atoms with Gasteiger partial charge < -0.3 is 0 Å². The summed E-state index contributed by atoms with van der Waals surface area (Å²) in [5, 5.41) is 2.73. The van der Waals surface area contributed by atoms with Crippen molar-refractivity contribution in [3.63, 3.8) is 0 Å². The lowest BCUT2D eigenvalue weighted by molar-refractivity contribution is 1.66. The van der Waals surface area contributed by atoms with Gasteiger partial charge in [0.1, 0.15) is 0 Å². The lowest BCUT2D eigenvalue weighted by Crippen LogP contribution is -1.84. The highest BCUT2D eigenvalue weighted by Gasteiger charge is 2.24. The summed E-state index contributed by atoms with van der Waals surface area (Å²) in [5.41, 5.74) is 4.28. The summed E-state index contributed by atoms with van der Waals surface area (Å²) in [6, 6.07) is 13.1. The number of rotatable bonds is 0. The monoisotopic (exact) mass is 222 g/mol. The molecule has 0 spiro atoms. The molecular formula is C15H10S. The van der Waals surface area contributed by atoms with Crippen LogP contribution in [0.25, 0.3) is 22.4 Å². The maximum Gasteiger partial charge on any atom is 0.0170 e. The van der Waals surface area contributed by atoms with Gasteiger partial charge in [0.15, 0.2) is 0 Å². The standard InChI is InChI=1S/C15H10S/c1-2-4-12-10(3-1)5-6-11-9-14-13(15(11)12)7-8-16-14/h1-7,9H,8H2. The van der Waals surface area contributed by atoms with Gasteiger partial charge in [-0.25, -0.2) is 0 Å². The van der Waals surface area contributed by atoms with Gasteiger partial charge >= 0.3 is 0 Å². The zero-order valence-electron chi connectivity index (χ0n) is 8.73. The van der Waals surface area contributed by atoms with E-state index in [0.717, 1.165) is 5.75 Å². The van der Waals surface area contributed by atoms with E-state index in [1.807, 2.05) is 11.8 Å². The van der Waals surface area contributed by atoms with Crippen molar-refractivity contribution in [1.29, 1.82) is 0 Å². The Balaban J connectivity index is 2.15. The Morgan fingerprint density at radius 1 is 1.00 bits per heavy atom. The zero-order chi connectivity index (χ0) is 10.5. The molecule has 16 heavy (non-hydrogen) atoms. The summed E-state index contributed by atoms with van der Waals surface area (Å²) in [4.78, 5) is 1.45. The van der Waals surface area contributed by atoms with E-state index < -0.39 is 0 Å². The Morgan fingerprint density at radius 2 is 1.94 bits per heavy atom. The molecule has 0 nitrogen and oxygen atoms in total. The Hall–Kier alpha value is -1.47. The first-order valence-electron chi connectivity index (χ1n) is 5.51. The van der Waals surface area contributed by atoms with Crippen LogP contribution in [-0.4, -0.2) is 5.75 Å². The van der Waals surface area contributed by atoms with Crippen molar-refractivity contribution in [2.45, 2.75) is 0 Å². The van der Waals surface area contributed by atoms with Crippen molar-refractivity contribution in [1.82, 2.24) is 0 Å². The second kappa shape index (κ2) is 3.02. The van der Waals surface area contributed by atoms with E-state index in [1.54, 1.807) is 0 Å². The molecule has 4 rings (SSSR count). The third kappa shape index (κ3) is 1.01. The molecule has 76 valence electrons. The van der Waals surface area contributed by atoms with Gasteiger partial charge in [-0.3, -0.25) is 0 Å². The molecule has 0 amide bonds. The fourth-order valence-corrected chi connectivity index (χ4v) is 3.57. The van der Waals surface area contributed by atoms with Gasteiger partial charge in [-0.05, 0) is 33.5 Å². The van der Waals surface area contributed by atoms with Crippen molar-refractivity contribution < 1.29 is 0 Å². The van der Waals surface area contributed by atoms with Gasteiger partial charge in [0.05, 0.1) is 0 Å². The molecule has 1 aliphatic carbocycles. The largest absolute Gasteiger partial charge is 0.121 e. The van der Waals surface area contributed by atoms with Crippen molar-refractivity contribution in [3.8, 4) is 0 Å². The van der Waals surface area contributed by atoms with Gasteiger partial charge in [-0.15, -0.1) is 11.8 Å². The van der Waals surface area contributed by atoms with Gasteiger partial charge in [0.25, 0.3) is 0 Å². The first kappa shape index (κ1) is 8.66. The molecule has 0 bridgehead atoms. The van der Waals surface area contributed by atoms with Crippen LogP contribution in [0.5, 0.6) is 0 Å². The predicted octanol–water partition coefficient (Wildman–Crippen LogP) is 4.32. The molecule has 0 aromatic heterocycles. The van der Waals surface area contributed by atoms with Crippen molar-refractivity contribution in [3.05, 3.63) is 58.5 Å². The fraction of sp³-hybridized carbons (Fsp3) is 0.0667. The minimum Gasteiger partial charge on any atom is -0.121 e. The van der Waals surface area contributed by atoms with Crippen molar-refractivity contribution in [2.75, 3.05) is 5.75 Å². The highest BCUT2D eigenvalue weighted by molar-refractivity contribution is 8.04. The molecular weight excluding hydrogens is 212 g/mol. The van der Waals surface area contributed by atoms with E-state index >= 15 is 0 Å². The van der Waals surface area contributed by atoms with Gasteiger partial charge in [0, 0.05) is 10.7 Å². The normalized spacial score (nSPS) is 17.0. The lowest BCUT2D eigenvalue weighted by atomic mass is 9.98. The van der Waals surface area contributed by atoms with Gasteiger partial charge in [0.2, 0.25) is 0 Å². The minimum atomic E-state index is 1.13. The van der Waals surface area contributed by atoms with Crippen LogP contribution in [0.4, 0.5) is 0 Å². The zero-order valence-corrected chi connectivity index (χ0v) is 9.55. The molecule has 2 aromatic carbocycles. The molecule has 0 fully saturated rings. The number of hydrogen-bond donors (Lipinski definition) is 0. The average molecular weight is 222 g/mol. The van der Waals surface area contributed by atoms with Crippen LogP contribution >= 0.6 is 11.8 Å².